The van der Waals surface area contributed by atoms with E-state index in [2.05, 4.69) is 11.4 Å². The second-order valence-corrected chi connectivity index (χ2v) is 5.31. The number of nitriles is 1. The summed E-state index contributed by atoms with van der Waals surface area (Å²) in [6, 6.07) is 14.8. The molecule has 4 nitrogen and oxygen atoms in total. The van der Waals surface area contributed by atoms with Gasteiger partial charge in [0.15, 0.2) is 6.61 Å². The summed E-state index contributed by atoms with van der Waals surface area (Å²) in [6.07, 6.45) is 3.41. The van der Waals surface area contributed by atoms with E-state index >= 15 is 0 Å². The Balaban J connectivity index is 1.54. The number of nitrogens with one attached hydrogen (secondary N) is 1. The second kappa shape index (κ2) is 6.31. The van der Waals surface area contributed by atoms with Gasteiger partial charge in [0.25, 0.3) is 5.91 Å². The molecular weight excluding hydrogens is 276 g/mol. The molecule has 4 heteroatoms. The van der Waals surface area contributed by atoms with Gasteiger partial charge in [-0.1, -0.05) is 6.07 Å². The van der Waals surface area contributed by atoms with Crippen LogP contribution in [0.1, 0.15) is 23.1 Å². The lowest BCUT2D eigenvalue weighted by Crippen LogP contribution is -2.20. The van der Waals surface area contributed by atoms with Gasteiger partial charge in [0.2, 0.25) is 0 Å². The highest BCUT2D eigenvalue weighted by atomic mass is 16.5. The summed E-state index contributed by atoms with van der Waals surface area (Å²) in [5.41, 5.74) is 3.92. The number of amides is 1. The largest absolute Gasteiger partial charge is 0.484 e. The van der Waals surface area contributed by atoms with E-state index in [0.717, 1.165) is 18.6 Å². The van der Waals surface area contributed by atoms with Crippen LogP contribution in [0.5, 0.6) is 5.75 Å². The summed E-state index contributed by atoms with van der Waals surface area (Å²) < 4.78 is 5.55. The quantitative estimate of drug-likeness (QED) is 0.942. The summed E-state index contributed by atoms with van der Waals surface area (Å²) in [5, 5.41) is 11.5. The summed E-state index contributed by atoms with van der Waals surface area (Å²) in [4.78, 5) is 11.9. The molecule has 0 fully saturated rings. The average molecular weight is 292 g/mol. The standard InChI is InChI=1S/C18H16N2O2/c19-11-13-4-7-16(8-5-13)20-18(21)12-22-17-9-6-14-2-1-3-15(14)10-17/h4-10H,1-3,12H2,(H,20,21). The molecule has 3 rings (SSSR count). The van der Waals surface area contributed by atoms with E-state index in [1.54, 1.807) is 24.3 Å². The van der Waals surface area contributed by atoms with Crippen LogP contribution in [-0.4, -0.2) is 12.5 Å². The smallest absolute Gasteiger partial charge is 0.262 e. The third-order valence-corrected chi connectivity index (χ3v) is 3.74. The molecule has 0 unspecified atom stereocenters. The third kappa shape index (κ3) is 3.26. The predicted octanol–water partition coefficient (Wildman–Crippen LogP) is 3.06. The summed E-state index contributed by atoms with van der Waals surface area (Å²) in [5.74, 6) is 0.515. The molecule has 0 saturated carbocycles. The van der Waals surface area contributed by atoms with E-state index in [1.165, 1.54) is 17.5 Å². The number of anilines is 1. The zero-order valence-electron chi connectivity index (χ0n) is 12.1. The fourth-order valence-electron chi connectivity index (χ4n) is 2.61. The van der Waals surface area contributed by atoms with E-state index in [-0.39, 0.29) is 12.5 Å². The predicted molar refractivity (Wildman–Crippen MR) is 83.7 cm³/mol. The number of rotatable bonds is 4. The van der Waals surface area contributed by atoms with Crippen LogP contribution in [0.3, 0.4) is 0 Å². The van der Waals surface area contributed by atoms with Crippen molar-refractivity contribution in [2.75, 3.05) is 11.9 Å². The van der Waals surface area contributed by atoms with Crippen LogP contribution < -0.4 is 10.1 Å². The molecule has 1 aliphatic carbocycles. The number of ether oxygens (including phenoxy) is 1. The first kappa shape index (κ1) is 14.2. The molecule has 0 atom stereocenters. The van der Waals surface area contributed by atoms with Crippen LogP contribution in [-0.2, 0) is 17.6 Å². The minimum absolute atomic E-state index is 0.0290. The Kier molecular flexibility index (Phi) is 4.06. The van der Waals surface area contributed by atoms with Gasteiger partial charge >= 0.3 is 0 Å². The zero-order chi connectivity index (χ0) is 15.4. The number of fused-ring (bicyclic) bond motifs is 1. The van der Waals surface area contributed by atoms with Crippen molar-refractivity contribution < 1.29 is 9.53 Å². The highest BCUT2D eigenvalue weighted by molar-refractivity contribution is 5.91. The highest BCUT2D eigenvalue weighted by Crippen LogP contribution is 2.25. The Labute approximate surface area is 129 Å². The average Bonchev–Trinajstić information content (AvgIpc) is 3.01. The molecule has 22 heavy (non-hydrogen) atoms. The SMILES string of the molecule is N#Cc1ccc(NC(=O)COc2ccc3c(c2)CCC3)cc1. The fourth-order valence-corrected chi connectivity index (χ4v) is 2.61. The highest BCUT2D eigenvalue weighted by Gasteiger charge is 2.12. The summed E-state index contributed by atoms with van der Waals surface area (Å²) >= 11 is 0. The molecule has 110 valence electrons. The minimum atomic E-state index is -0.217. The van der Waals surface area contributed by atoms with E-state index in [1.807, 2.05) is 18.2 Å². The van der Waals surface area contributed by atoms with Crippen LogP contribution in [0.25, 0.3) is 0 Å². The Bertz CT molecular complexity index is 730. The van der Waals surface area contributed by atoms with E-state index < -0.39 is 0 Å². The van der Waals surface area contributed by atoms with Gasteiger partial charge in [-0.25, -0.2) is 0 Å². The Morgan fingerprint density at radius 1 is 1.14 bits per heavy atom. The Morgan fingerprint density at radius 2 is 1.91 bits per heavy atom. The van der Waals surface area contributed by atoms with Gasteiger partial charge < -0.3 is 10.1 Å². The molecule has 0 aliphatic heterocycles. The minimum Gasteiger partial charge on any atom is -0.484 e. The molecule has 0 heterocycles. The molecule has 1 aliphatic rings. The number of carbonyl (C=O) groups excluding carboxylic acids is 1. The molecule has 0 aromatic heterocycles. The van der Waals surface area contributed by atoms with E-state index in [4.69, 9.17) is 10.00 Å². The number of hydrogen-bond acceptors (Lipinski definition) is 3. The van der Waals surface area contributed by atoms with E-state index in [0.29, 0.717) is 11.3 Å². The maximum atomic E-state index is 11.9. The summed E-state index contributed by atoms with van der Waals surface area (Å²) in [6.45, 7) is -0.0290. The topological polar surface area (TPSA) is 62.1 Å². The van der Waals surface area contributed by atoms with Crippen molar-refractivity contribution in [3.05, 3.63) is 59.2 Å². The number of carbonyl (C=O) groups is 1. The van der Waals surface area contributed by atoms with Gasteiger partial charge in [0.1, 0.15) is 5.75 Å². The Hall–Kier alpha value is -2.80. The van der Waals surface area contributed by atoms with Crippen LogP contribution in [0.15, 0.2) is 42.5 Å². The molecule has 0 radical (unpaired) electrons. The van der Waals surface area contributed by atoms with E-state index in [9.17, 15) is 4.79 Å². The summed E-state index contributed by atoms with van der Waals surface area (Å²) in [7, 11) is 0. The Morgan fingerprint density at radius 3 is 2.68 bits per heavy atom. The molecule has 1 amide bonds. The van der Waals surface area contributed by atoms with Crippen LogP contribution in [0.4, 0.5) is 5.69 Å². The molecule has 0 bridgehead atoms. The monoisotopic (exact) mass is 292 g/mol. The van der Waals surface area contributed by atoms with Gasteiger partial charge in [-0.2, -0.15) is 5.26 Å². The lowest BCUT2D eigenvalue weighted by Gasteiger charge is -2.09. The van der Waals surface area contributed by atoms with Crippen molar-refractivity contribution in [2.45, 2.75) is 19.3 Å². The molecule has 2 aromatic rings. The fraction of sp³-hybridized carbons (Fsp3) is 0.222. The van der Waals surface area contributed by atoms with Gasteiger partial charge in [-0.15, -0.1) is 0 Å². The molecule has 0 spiro atoms. The van der Waals surface area contributed by atoms with Crippen molar-refractivity contribution in [1.29, 1.82) is 5.26 Å². The van der Waals surface area contributed by atoms with Crippen molar-refractivity contribution in [1.82, 2.24) is 0 Å². The third-order valence-electron chi connectivity index (χ3n) is 3.74. The van der Waals surface area contributed by atoms with Crippen LogP contribution in [0.2, 0.25) is 0 Å². The zero-order valence-corrected chi connectivity index (χ0v) is 12.1. The first-order valence-electron chi connectivity index (χ1n) is 7.29. The maximum absolute atomic E-state index is 11.9. The van der Waals surface area contributed by atoms with Crippen molar-refractivity contribution in [2.24, 2.45) is 0 Å². The van der Waals surface area contributed by atoms with Gasteiger partial charge in [-0.05, 0) is 66.8 Å². The first-order chi connectivity index (χ1) is 10.7. The lowest BCUT2D eigenvalue weighted by molar-refractivity contribution is -0.118. The number of benzene rings is 2. The molecule has 0 saturated heterocycles. The van der Waals surface area contributed by atoms with Gasteiger partial charge in [0.05, 0.1) is 11.6 Å². The molecule has 2 aromatic carbocycles. The van der Waals surface area contributed by atoms with Gasteiger partial charge in [0, 0.05) is 5.69 Å². The number of nitrogens with zero attached hydrogens (tertiary/aromatic N) is 1. The first-order valence-corrected chi connectivity index (χ1v) is 7.29. The normalized spacial score (nSPS) is 12.3. The number of hydrogen-bond donors (Lipinski definition) is 1. The van der Waals surface area contributed by atoms with Crippen LogP contribution in [0, 0.1) is 11.3 Å². The maximum Gasteiger partial charge on any atom is 0.262 e. The molecule has 1 N–H and O–H groups in total. The van der Waals surface area contributed by atoms with Gasteiger partial charge in [-0.3, -0.25) is 4.79 Å². The molecular formula is C18H16N2O2. The lowest BCUT2D eigenvalue weighted by atomic mass is 10.1. The van der Waals surface area contributed by atoms with Crippen molar-refractivity contribution in [3.8, 4) is 11.8 Å². The van der Waals surface area contributed by atoms with Crippen molar-refractivity contribution >= 4 is 11.6 Å². The second-order valence-electron chi connectivity index (χ2n) is 5.31. The van der Waals surface area contributed by atoms with Crippen LogP contribution >= 0.6 is 0 Å². The number of aryl methyl sites for hydroxylation is 2. The van der Waals surface area contributed by atoms with Crippen molar-refractivity contribution in [3.63, 3.8) is 0 Å².